The molecule has 1 aromatic heterocycles. The highest BCUT2D eigenvalue weighted by Crippen LogP contribution is 2.34. The fourth-order valence-electron chi connectivity index (χ4n) is 2.96. The predicted octanol–water partition coefficient (Wildman–Crippen LogP) is 3.52. The topological polar surface area (TPSA) is 92.0 Å². The Morgan fingerprint density at radius 1 is 1.30 bits per heavy atom. The minimum Gasteiger partial charge on any atom is -0.467 e. The summed E-state index contributed by atoms with van der Waals surface area (Å²) in [5.41, 5.74) is 1.97. The first-order valence-corrected chi connectivity index (χ1v) is 10.6. The van der Waals surface area contributed by atoms with Crippen molar-refractivity contribution in [3.05, 3.63) is 54.0 Å². The Morgan fingerprint density at radius 3 is 2.78 bits per heavy atom. The van der Waals surface area contributed by atoms with Crippen molar-refractivity contribution in [1.29, 1.82) is 0 Å². The maximum Gasteiger partial charge on any atom is 0.243 e. The zero-order valence-corrected chi connectivity index (χ0v) is 16.2. The summed E-state index contributed by atoms with van der Waals surface area (Å²) in [6.45, 7) is 3.53. The second-order valence-electron chi connectivity index (χ2n) is 6.36. The highest BCUT2D eigenvalue weighted by molar-refractivity contribution is 7.92. The molecule has 0 bridgehead atoms. The van der Waals surface area contributed by atoms with Gasteiger partial charge in [-0.3, -0.25) is 9.52 Å². The molecular formula is C19H23N3O4S. The van der Waals surface area contributed by atoms with Gasteiger partial charge in [0, 0.05) is 18.5 Å². The van der Waals surface area contributed by atoms with Crippen molar-refractivity contribution in [2.45, 2.75) is 39.2 Å². The van der Waals surface area contributed by atoms with Crippen molar-refractivity contribution in [3.8, 4) is 0 Å². The number of rotatable bonds is 7. The molecule has 0 spiro atoms. The predicted molar refractivity (Wildman–Crippen MR) is 104 cm³/mol. The van der Waals surface area contributed by atoms with Crippen LogP contribution in [0.2, 0.25) is 0 Å². The summed E-state index contributed by atoms with van der Waals surface area (Å²) < 4.78 is 31.7. The molecule has 1 aliphatic rings. The van der Waals surface area contributed by atoms with Crippen molar-refractivity contribution in [1.82, 2.24) is 5.01 Å². The lowest BCUT2D eigenvalue weighted by Crippen LogP contribution is -2.26. The van der Waals surface area contributed by atoms with E-state index in [1.54, 1.807) is 37.5 Å². The number of hydrogen-bond donors (Lipinski definition) is 1. The zero-order valence-electron chi connectivity index (χ0n) is 15.4. The van der Waals surface area contributed by atoms with Crippen LogP contribution in [0, 0.1) is 0 Å². The molecule has 1 N–H and O–H groups in total. The Kier molecular flexibility index (Phi) is 5.65. The largest absolute Gasteiger partial charge is 0.467 e. The number of hydrogen-bond acceptors (Lipinski definition) is 5. The lowest BCUT2D eigenvalue weighted by Gasteiger charge is -2.19. The normalized spacial score (nSPS) is 17.0. The van der Waals surface area contributed by atoms with Gasteiger partial charge in [0.05, 0.1) is 17.7 Å². The highest BCUT2D eigenvalue weighted by atomic mass is 32.2. The molecular weight excluding hydrogens is 366 g/mol. The molecule has 1 aromatic carbocycles. The highest BCUT2D eigenvalue weighted by Gasteiger charge is 2.34. The molecule has 8 heteroatoms. The van der Waals surface area contributed by atoms with Gasteiger partial charge in [0.1, 0.15) is 11.8 Å². The van der Waals surface area contributed by atoms with Crippen LogP contribution in [0.4, 0.5) is 5.69 Å². The number of nitrogens with zero attached hydrogens (tertiary/aromatic N) is 2. The molecule has 144 valence electrons. The summed E-state index contributed by atoms with van der Waals surface area (Å²) in [6, 6.07) is 10.4. The Morgan fingerprint density at radius 2 is 2.11 bits per heavy atom. The third kappa shape index (κ3) is 4.39. The number of furan rings is 1. The van der Waals surface area contributed by atoms with Crippen LogP contribution in [0.25, 0.3) is 0 Å². The fourth-order valence-corrected chi connectivity index (χ4v) is 3.59. The SMILES string of the molecule is CCCC(=O)N1N=C(c2cccc(NS(=O)(=O)CC)c2)C[C@H]1c1ccco1. The van der Waals surface area contributed by atoms with Gasteiger partial charge in [-0.25, -0.2) is 13.4 Å². The molecule has 1 amide bonds. The number of carbonyl (C=O) groups excluding carboxylic acids is 1. The molecule has 0 aliphatic carbocycles. The van der Waals surface area contributed by atoms with Gasteiger partial charge in [-0.2, -0.15) is 5.10 Å². The number of benzene rings is 1. The van der Waals surface area contributed by atoms with E-state index in [-0.39, 0.29) is 17.7 Å². The van der Waals surface area contributed by atoms with E-state index in [9.17, 15) is 13.2 Å². The van der Waals surface area contributed by atoms with Crippen molar-refractivity contribution in [2.24, 2.45) is 5.10 Å². The fraction of sp³-hybridized carbons (Fsp3) is 0.368. The van der Waals surface area contributed by atoms with Gasteiger partial charge in [-0.05, 0) is 43.2 Å². The maximum absolute atomic E-state index is 12.5. The lowest BCUT2D eigenvalue weighted by atomic mass is 10.0. The number of sulfonamides is 1. The molecule has 7 nitrogen and oxygen atoms in total. The van der Waals surface area contributed by atoms with Crippen LogP contribution >= 0.6 is 0 Å². The van der Waals surface area contributed by atoms with Crippen LogP contribution in [-0.4, -0.2) is 30.8 Å². The molecule has 1 aliphatic heterocycles. The van der Waals surface area contributed by atoms with E-state index in [4.69, 9.17) is 4.42 Å². The first-order valence-electron chi connectivity index (χ1n) is 8.97. The Hall–Kier alpha value is -2.61. The summed E-state index contributed by atoms with van der Waals surface area (Å²) in [5, 5.41) is 6.02. The van der Waals surface area contributed by atoms with Crippen LogP contribution < -0.4 is 4.72 Å². The quantitative estimate of drug-likeness (QED) is 0.784. The Bertz CT molecular complexity index is 936. The molecule has 0 saturated carbocycles. The van der Waals surface area contributed by atoms with E-state index in [1.165, 1.54) is 5.01 Å². The molecule has 0 fully saturated rings. The van der Waals surface area contributed by atoms with Crippen LogP contribution in [0.5, 0.6) is 0 Å². The second-order valence-corrected chi connectivity index (χ2v) is 8.37. The van der Waals surface area contributed by atoms with Crippen LogP contribution in [-0.2, 0) is 14.8 Å². The van der Waals surface area contributed by atoms with Gasteiger partial charge in [0.25, 0.3) is 0 Å². The Labute approximate surface area is 159 Å². The molecule has 2 heterocycles. The van der Waals surface area contributed by atoms with Crippen molar-refractivity contribution < 1.29 is 17.6 Å². The number of nitrogens with one attached hydrogen (secondary N) is 1. The molecule has 27 heavy (non-hydrogen) atoms. The van der Waals surface area contributed by atoms with Gasteiger partial charge in [-0.1, -0.05) is 19.1 Å². The van der Waals surface area contributed by atoms with E-state index in [0.717, 1.165) is 17.7 Å². The summed E-state index contributed by atoms with van der Waals surface area (Å²) in [5.74, 6) is 0.621. The molecule has 0 radical (unpaired) electrons. The smallest absolute Gasteiger partial charge is 0.243 e. The second kappa shape index (κ2) is 7.96. The standard InChI is InChI=1S/C19H23N3O4S/c1-3-7-19(23)22-17(18-10-6-11-26-18)13-16(20-22)14-8-5-9-15(12-14)21-27(24,25)4-2/h5-6,8-12,17,21H,3-4,7,13H2,1-2H3/t17-/m0/s1. The number of carbonyl (C=O) groups is 1. The third-order valence-corrected chi connectivity index (χ3v) is 5.66. The van der Waals surface area contributed by atoms with Crippen molar-refractivity contribution >= 4 is 27.3 Å². The van der Waals surface area contributed by atoms with E-state index in [2.05, 4.69) is 9.82 Å². The van der Waals surface area contributed by atoms with Crippen LogP contribution in [0.3, 0.4) is 0 Å². The zero-order chi connectivity index (χ0) is 19.4. The summed E-state index contributed by atoms with van der Waals surface area (Å²) >= 11 is 0. The third-order valence-electron chi connectivity index (χ3n) is 4.35. The summed E-state index contributed by atoms with van der Waals surface area (Å²) in [6.07, 6.45) is 3.23. The minimum atomic E-state index is -3.36. The molecule has 0 saturated heterocycles. The van der Waals surface area contributed by atoms with Crippen molar-refractivity contribution in [2.75, 3.05) is 10.5 Å². The summed E-state index contributed by atoms with van der Waals surface area (Å²) in [7, 11) is -3.36. The van der Waals surface area contributed by atoms with E-state index >= 15 is 0 Å². The van der Waals surface area contributed by atoms with Gasteiger partial charge < -0.3 is 4.42 Å². The number of anilines is 1. The van der Waals surface area contributed by atoms with Gasteiger partial charge >= 0.3 is 0 Å². The molecule has 1 atom stereocenters. The average Bonchev–Trinajstić information content (AvgIpc) is 3.31. The molecule has 2 aromatic rings. The van der Waals surface area contributed by atoms with Crippen LogP contribution in [0.15, 0.2) is 52.2 Å². The Balaban J connectivity index is 1.90. The monoisotopic (exact) mass is 389 g/mol. The van der Waals surface area contributed by atoms with Gasteiger partial charge in [0.2, 0.25) is 15.9 Å². The van der Waals surface area contributed by atoms with Crippen molar-refractivity contribution in [3.63, 3.8) is 0 Å². The van der Waals surface area contributed by atoms with Gasteiger partial charge in [0.15, 0.2) is 0 Å². The maximum atomic E-state index is 12.5. The molecule has 3 rings (SSSR count). The number of amides is 1. The van der Waals surface area contributed by atoms with Crippen LogP contribution in [0.1, 0.15) is 50.5 Å². The first kappa shape index (κ1) is 19.2. The van der Waals surface area contributed by atoms with E-state index in [1.807, 2.05) is 19.1 Å². The van der Waals surface area contributed by atoms with E-state index in [0.29, 0.717) is 24.3 Å². The van der Waals surface area contributed by atoms with E-state index < -0.39 is 10.0 Å². The number of hydrazone groups is 1. The average molecular weight is 389 g/mol. The lowest BCUT2D eigenvalue weighted by molar-refractivity contribution is -0.133. The minimum absolute atomic E-state index is 0.00195. The first-order chi connectivity index (χ1) is 12.9. The molecule has 0 unspecified atom stereocenters. The summed E-state index contributed by atoms with van der Waals surface area (Å²) in [4.78, 5) is 12.5. The van der Waals surface area contributed by atoms with Gasteiger partial charge in [-0.15, -0.1) is 0 Å².